The molecule has 0 unspecified atom stereocenters. The number of aliphatic carboxylic acids is 1. The van der Waals surface area contributed by atoms with Gasteiger partial charge in [-0.1, -0.05) is 65.7 Å². The molecule has 4 aromatic rings. The molecular formula is C28H23Cl2NO6S. The standard InChI is InChI=1S/C28H23Cl2NO6S/c1-37-21-11-8-18(9-12-21)10-13-27(32)25-6-2-5-24-23(25)4-3-7-26(24)31(17-28(33)34)38(35,36)22-15-19(29)14-20(30)16-22/h2-9,11-12,14-16H,10,13,17H2,1H3,(H,33,34). The Bertz CT molecular complexity index is 1600. The van der Waals surface area contributed by atoms with Crippen molar-refractivity contribution >= 4 is 61.4 Å². The fourth-order valence-corrected chi connectivity index (χ4v) is 6.33. The second-order valence-electron chi connectivity index (χ2n) is 8.46. The fourth-order valence-electron chi connectivity index (χ4n) is 4.17. The number of hydrogen-bond donors (Lipinski definition) is 1. The smallest absolute Gasteiger partial charge is 0.324 e. The van der Waals surface area contributed by atoms with Crippen molar-refractivity contribution < 1.29 is 27.9 Å². The van der Waals surface area contributed by atoms with Crippen LogP contribution in [0.15, 0.2) is 83.8 Å². The SMILES string of the molecule is COc1ccc(CCC(=O)c2cccc3c(N(CC(=O)O)S(=O)(=O)c4cc(Cl)cc(Cl)c4)cccc23)cc1. The van der Waals surface area contributed by atoms with Crippen LogP contribution in [0.5, 0.6) is 5.75 Å². The van der Waals surface area contributed by atoms with Gasteiger partial charge in [-0.25, -0.2) is 8.42 Å². The van der Waals surface area contributed by atoms with Crippen LogP contribution >= 0.6 is 23.2 Å². The number of benzene rings is 4. The number of sulfonamides is 1. The van der Waals surface area contributed by atoms with Gasteiger partial charge >= 0.3 is 5.97 Å². The zero-order valence-electron chi connectivity index (χ0n) is 20.2. The molecule has 7 nitrogen and oxygen atoms in total. The molecule has 10 heteroatoms. The van der Waals surface area contributed by atoms with E-state index in [1.54, 1.807) is 37.4 Å². The van der Waals surface area contributed by atoms with Crippen molar-refractivity contribution in [1.29, 1.82) is 0 Å². The van der Waals surface area contributed by atoms with Crippen LogP contribution in [-0.2, 0) is 21.2 Å². The molecule has 0 atom stereocenters. The number of fused-ring (bicyclic) bond motifs is 1. The van der Waals surface area contributed by atoms with E-state index in [1.807, 2.05) is 24.3 Å². The minimum atomic E-state index is -4.38. The molecule has 1 N–H and O–H groups in total. The zero-order chi connectivity index (χ0) is 27.4. The molecule has 0 aliphatic rings. The Kier molecular flexibility index (Phi) is 8.26. The number of ether oxygens (including phenoxy) is 1. The Morgan fingerprint density at radius 1 is 0.895 bits per heavy atom. The van der Waals surface area contributed by atoms with E-state index in [0.717, 1.165) is 15.6 Å². The van der Waals surface area contributed by atoms with Crippen molar-refractivity contribution in [2.75, 3.05) is 18.0 Å². The van der Waals surface area contributed by atoms with Gasteiger partial charge in [0.05, 0.1) is 17.7 Å². The van der Waals surface area contributed by atoms with Crippen molar-refractivity contribution in [3.63, 3.8) is 0 Å². The summed E-state index contributed by atoms with van der Waals surface area (Å²) in [6.07, 6.45) is 0.738. The molecule has 0 aliphatic heterocycles. The Hall–Kier alpha value is -3.59. The number of nitrogens with zero attached hydrogens (tertiary/aromatic N) is 1. The number of anilines is 1. The molecule has 0 spiro atoms. The summed E-state index contributed by atoms with van der Waals surface area (Å²) in [4.78, 5) is 24.7. The van der Waals surface area contributed by atoms with E-state index >= 15 is 0 Å². The third-order valence-electron chi connectivity index (χ3n) is 5.97. The van der Waals surface area contributed by atoms with Gasteiger partial charge in [0.1, 0.15) is 12.3 Å². The highest BCUT2D eigenvalue weighted by molar-refractivity contribution is 7.92. The van der Waals surface area contributed by atoms with E-state index in [4.69, 9.17) is 27.9 Å². The predicted octanol–water partition coefficient (Wildman–Crippen LogP) is 6.25. The van der Waals surface area contributed by atoms with Crippen LogP contribution in [0.25, 0.3) is 10.8 Å². The minimum Gasteiger partial charge on any atom is -0.497 e. The first-order chi connectivity index (χ1) is 18.1. The van der Waals surface area contributed by atoms with E-state index in [-0.39, 0.29) is 32.8 Å². The minimum absolute atomic E-state index is 0.0917. The quantitative estimate of drug-likeness (QED) is 0.226. The predicted molar refractivity (Wildman–Crippen MR) is 148 cm³/mol. The Labute approximate surface area is 230 Å². The lowest BCUT2D eigenvalue weighted by atomic mass is 9.96. The summed E-state index contributed by atoms with van der Waals surface area (Å²) in [6.45, 7) is -0.846. The molecule has 0 amide bonds. The maximum Gasteiger partial charge on any atom is 0.324 e. The average Bonchev–Trinajstić information content (AvgIpc) is 2.89. The summed E-state index contributed by atoms with van der Waals surface area (Å²) in [7, 11) is -2.80. The van der Waals surface area contributed by atoms with Gasteiger partial charge in [0, 0.05) is 27.4 Å². The van der Waals surface area contributed by atoms with E-state index in [1.165, 1.54) is 24.3 Å². The number of aryl methyl sites for hydroxylation is 1. The topological polar surface area (TPSA) is 101 Å². The zero-order valence-corrected chi connectivity index (χ0v) is 22.6. The molecule has 0 heterocycles. The van der Waals surface area contributed by atoms with Gasteiger partial charge < -0.3 is 9.84 Å². The van der Waals surface area contributed by atoms with E-state index < -0.39 is 22.5 Å². The lowest BCUT2D eigenvalue weighted by Gasteiger charge is -2.25. The first kappa shape index (κ1) is 27.4. The number of carboxylic acids is 1. The largest absolute Gasteiger partial charge is 0.497 e. The Balaban J connectivity index is 1.74. The number of ketones is 1. The molecule has 38 heavy (non-hydrogen) atoms. The molecule has 0 aliphatic carbocycles. The molecule has 0 radical (unpaired) electrons. The molecule has 0 aromatic heterocycles. The number of hydrogen-bond acceptors (Lipinski definition) is 5. The van der Waals surface area contributed by atoms with Crippen LogP contribution in [0.4, 0.5) is 5.69 Å². The fraction of sp³-hybridized carbons (Fsp3) is 0.143. The molecule has 0 bridgehead atoms. The van der Waals surface area contributed by atoms with E-state index in [2.05, 4.69) is 0 Å². The van der Waals surface area contributed by atoms with Gasteiger partial charge in [-0.3, -0.25) is 13.9 Å². The summed E-state index contributed by atoms with van der Waals surface area (Å²) in [6, 6.07) is 21.0. The average molecular weight is 572 g/mol. The second-order valence-corrected chi connectivity index (χ2v) is 11.2. The van der Waals surface area contributed by atoms with Crippen LogP contribution in [-0.4, -0.2) is 38.9 Å². The highest BCUT2D eigenvalue weighted by Crippen LogP contribution is 2.34. The molecule has 0 saturated carbocycles. The molecule has 0 fully saturated rings. The molecule has 196 valence electrons. The van der Waals surface area contributed by atoms with E-state index in [0.29, 0.717) is 22.8 Å². The monoisotopic (exact) mass is 571 g/mol. The van der Waals surface area contributed by atoms with Crippen LogP contribution in [0, 0.1) is 0 Å². The molecular weight excluding hydrogens is 549 g/mol. The maximum absolute atomic E-state index is 13.6. The number of Topliss-reactive ketones (excluding diaryl/α,β-unsaturated/α-hetero) is 1. The van der Waals surface area contributed by atoms with Gasteiger partial charge in [-0.05, 0) is 53.8 Å². The molecule has 4 rings (SSSR count). The van der Waals surface area contributed by atoms with Gasteiger partial charge in [0.15, 0.2) is 5.78 Å². The normalized spacial score (nSPS) is 11.3. The van der Waals surface area contributed by atoms with Gasteiger partial charge in [0.25, 0.3) is 10.0 Å². The number of rotatable bonds is 10. The van der Waals surface area contributed by atoms with Crippen molar-refractivity contribution in [1.82, 2.24) is 0 Å². The number of carboxylic acid groups (broad SMARTS) is 1. The number of methoxy groups -OCH3 is 1. The van der Waals surface area contributed by atoms with Crippen LogP contribution in [0.2, 0.25) is 10.0 Å². The van der Waals surface area contributed by atoms with Gasteiger partial charge in [-0.2, -0.15) is 0 Å². The van der Waals surface area contributed by atoms with Gasteiger partial charge in [0.2, 0.25) is 0 Å². The Morgan fingerprint density at radius 3 is 2.16 bits per heavy atom. The first-order valence-corrected chi connectivity index (χ1v) is 13.7. The summed E-state index contributed by atoms with van der Waals surface area (Å²) in [5.74, 6) is -0.758. The number of carbonyl (C=O) groups excluding carboxylic acids is 1. The number of halogens is 2. The van der Waals surface area contributed by atoms with Gasteiger partial charge in [-0.15, -0.1) is 0 Å². The van der Waals surface area contributed by atoms with Crippen molar-refractivity contribution in [2.24, 2.45) is 0 Å². The van der Waals surface area contributed by atoms with Crippen LogP contribution in [0.1, 0.15) is 22.3 Å². The highest BCUT2D eigenvalue weighted by Gasteiger charge is 2.29. The van der Waals surface area contributed by atoms with Crippen molar-refractivity contribution in [3.05, 3.63) is 100 Å². The van der Waals surface area contributed by atoms with Crippen molar-refractivity contribution in [2.45, 2.75) is 17.7 Å². The number of carbonyl (C=O) groups is 2. The van der Waals surface area contributed by atoms with Crippen molar-refractivity contribution in [3.8, 4) is 5.75 Å². The van der Waals surface area contributed by atoms with Crippen LogP contribution < -0.4 is 9.04 Å². The lowest BCUT2D eigenvalue weighted by molar-refractivity contribution is -0.135. The summed E-state index contributed by atoms with van der Waals surface area (Å²) < 4.78 is 33.2. The molecule has 4 aromatic carbocycles. The lowest BCUT2D eigenvalue weighted by Crippen LogP contribution is -2.36. The van der Waals surface area contributed by atoms with E-state index in [9.17, 15) is 23.1 Å². The Morgan fingerprint density at radius 2 is 1.53 bits per heavy atom. The summed E-state index contributed by atoms with van der Waals surface area (Å²) in [5.41, 5.74) is 1.50. The van der Waals surface area contributed by atoms with Crippen LogP contribution in [0.3, 0.4) is 0 Å². The molecule has 0 saturated heterocycles. The third kappa shape index (κ3) is 5.93. The highest BCUT2D eigenvalue weighted by atomic mass is 35.5. The third-order valence-corrected chi connectivity index (χ3v) is 8.14. The first-order valence-electron chi connectivity index (χ1n) is 11.5. The summed E-state index contributed by atoms with van der Waals surface area (Å²) in [5, 5.41) is 10.7. The summed E-state index contributed by atoms with van der Waals surface area (Å²) >= 11 is 12.0. The second kappa shape index (κ2) is 11.4. The maximum atomic E-state index is 13.6.